The Bertz CT molecular complexity index is 561. The molecule has 0 radical (unpaired) electrons. The molecule has 4 nitrogen and oxygen atoms in total. The van der Waals surface area contributed by atoms with E-state index in [0.29, 0.717) is 0 Å². The number of carbonyl (C=O) groups is 1. The molecular weight excluding hydrogens is 290 g/mol. The van der Waals surface area contributed by atoms with Gasteiger partial charge in [-0.1, -0.05) is 12.8 Å². The maximum Gasteiger partial charge on any atom is 0.318 e. The van der Waals surface area contributed by atoms with Crippen molar-refractivity contribution >= 4 is 6.03 Å². The molecule has 2 unspecified atom stereocenters. The van der Waals surface area contributed by atoms with Gasteiger partial charge in [-0.2, -0.15) is 0 Å². The number of rotatable bonds is 2. The second-order valence-electron chi connectivity index (χ2n) is 6.15. The standard InChI is InChI=1S/C16H20F2N2O2/c17-10-5-6-14(18)13(7-10)15-8-12(21)9-20(15)16(22)19-11-3-1-2-4-11/h5-7,11-12,15,21H,1-4,8-9H2,(H,19,22). The van der Waals surface area contributed by atoms with Crippen LogP contribution in [0.15, 0.2) is 18.2 Å². The molecule has 2 amide bonds. The fraction of sp³-hybridized carbons (Fsp3) is 0.562. The van der Waals surface area contributed by atoms with Crippen molar-refractivity contribution in [3.63, 3.8) is 0 Å². The highest BCUT2D eigenvalue weighted by molar-refractivity contribution is 5.75. The van der Waals surface area contributed by atoms with Gasteiger partial charge in [-0.05, 0) is 37.5 Å². The van der Waals surface area contributed by atoms with Crippen molar-refractivity contribution in [1.82, 2.24) is 10.2 Å². The molecule has 6 heteroatoms. The Kier molecular flexibility index (Phi) is 4.29. The second kappa shape index (κ2) is 6.20. The first-order valence-electron chi connectivity index (χ1n) is 7.74. The van der Waals surface area contributed by atoms with Gasteiger partial charge < -0.3 is 15.3 Å². The fourth-order valence-electron chi connectivity index (χ4n) is 3.43. The summed E-state index contributed by atoms with van der Waals surface area (Å²) in [5.41, 5.74) is 0.123. The third-order valence-electron chi connectivity index (χ3n) is 4.54. The monoisotopic (exact) mass is 310 g/mol. The number of β-amino-alcohol motifs (C(OH)–C–C–N with tert-alkyl or cyclic N) is 1. The molecule has 2 atom stereocenters. The summed E-state index contributed by atoms with van der Waals surface area (Å²) in [7, 11) is 0. The Morgan fingerprint density at radius 3 is 2.73 bits per heavy atom. The normalized spacial score (nSPS) is 25.7. The second-order valence-corrected chi connectivity index (χ2v) is 6.15. The first-order chi connectivity index (χ1) is 10.5. The lowest BCUT2D eigenvalue weighted by molar-refractivity contribution is 0.167. The van der Waals surface area contributed by atoms with Gasteiger partial charge in [0, 0.05) is 18.2 Å². The molecule has 1 aliphatic heterocycles. The van der Waals surface area contributed by atoms with E-state index in [-0.39, 0.29) is 30.6 Å². The van der Waals surface area contributed by atoms with Crippen LogP contribution in [0.4, 0.5) is 13.6 Å². The zero-order valence-corrected chi connectivity index (χ0v) is 12.3. The maximum atomic E-state index is 14.0. The van der Waals surface area contributed by atoms with E-state index < -0.39 is 23.8 Å². The number of nitrogens with zero attached hydrogens (tertiary/aromatic N) is 1. The number of carbonyl (C=O) groups excluding carboxylic acids is 1. The summed E-state index contributed by atoms with van der Waals surface area (Å²) in [4.78, 5) is 13.8. The number of aliphatic hydroxyl groups excluding tert-OH is 1. The number of halogens is 2. The summed E-state index contributed by atoms with van der Waals surface area (Å²) in [5.74, 6) is -1.10. The summed E-state index contributed by atoms with van der Waals surface area (Å²) < 4.78 is 27.4. The number of hydrogen-bond acceptors (Lipinski definition) is 2. The van der Waals surface area contributed by atoms with Gasteiger partial charge in [0.05, 0.1) is 12.1 Å². The minimum atomic E-state index is -0.720. The van der Waals surface area contributed by atoms with E-state index in [9.17, 15) is 18.7 Å². The molecule has 1 aromatic carbocycles. The first-order valence-corrected chi connectivity index (χ1v) is 7.74. The fourth-order valence-corrected chi connectivity index (χ4v) is 3.43. The van der Waals surface area contributed by atoms with E-state index >= 15 is 0 Å². The Labute approximate surface area is 128 Å². The third kappa shape index (κ3) is 3.06. The molecule has 3 rings (SSSR count). The van der Waals surface area contributed by atoms with Crippen molar-refractivity contribution in [3.05, 3.63) is 35.4 Å². The quantitative estimate of drug-likeness (QED) is 0.882. The van der Waals surface area contributed by atoms with Crippen LogP contribution in [0.5, 0.6) is 0 Å². The van der Waals surface area contributed by atoms with Gasteiger partial charge in [-0.25, -0.2) is 13.6 Å². The third-order valence-corrected chi connectivity index (χ3v) is 4.54. The Balaban J connectivity index is 1.79. The molecule has 22 heavy (non-hydrogen) atoms. The van der Waals surface area contributed by atoms with Crippen LogP contribution in [0.25, 0.3) is 0 Å². The van der Waals surface area contributed by atoms with Crippen molar-refractivity contribution < 1.29 is 18.7 Å². The van der Waals surface area contributed by atoms with Crippen LogP contribution in [-0.4, -0.2) is 34.7 Å². The van der Waals surface area contributed by atoms with E-state index in [2.05, 4.69) is 5.32 Å². The highest BCUT2D eigenvalue weighted by atomic mass is 19.1. The summed E-state index contributed by atoms with van der Waals surface area (Å²) in [5, 5.41) is 12.8. The van der Waals surface area contributed by atoms with Gasteiger partial charge in [-0.15, -0.1) is 0 Å². The number of nitrogens with one attached hydrogen (secondary N) is 1. The number of aliphatic hydroxyl groups is 1. The van der Waals surface area contributed by atoms with Crippen LogP contribution in [0, 0.1) is 11.6 Å². The Morgan fingerprint density at radius 1 is 1.27 bits per heavy atom. The lowest BCUT2D eigenvalue weighted by atomic mass is 10.0. The maximum absolute atomic E-state index is 14.0. The predicted octanol–water partition coefficient (Wildman–Crippen LogP) is 2.72. The van der Waals surface area contributed by atoms with E-state index in [0.717, 1.165) is 43.9 Å². The average Bonchev–Trinajstić information content (AvgIpc) is 3.11. The minimum Gasteiger partial charge on any atom is -0.391 e. The van der Waals surface area contributed by atoms with Crippen molar-refractivity contribution in [1.29, 1.82) is 0 Å². The smallest absolute Gasteiger partial charge is 0.318 e. The molecule has 2 N–H and O–H groups in total. The van der Waals surface area contributed by atoms with E-state index in [1.165, 1.54) is 4.90 Å². The van der Waals surface area contributed by atoms with Crippen molar-refractivity contribution in [2.45, 2.75) is 50.3 Å². The Morgan fingerprint density at radius 2 is 2.00 bits per heavy atom. The van der Waals surface area contributed by atoms with Crippen LogP contribution >= 0.6 is 0 Å². The zero-order chi connectivity index (χ0) is 15.7. The summed E-state index contributed by atoms with van der Waals surface area (Å²) in [6.45, 7) is 0.138. The largest absolute Gasteiger partial charge is 0.391 e. The van der Waals surface area contributed by atoms with Gasteiger partial charge in [-0.3, -0.25) is 0 Å². The van der Waals surface area contributed by atoms with Gasteiger partial charge in [0.25, 0.3) is 0 Å². The zero-order valence-electron chi connectivity index (χ0n) is 12.3. The number of hydrogen-bond donors (Lipinski definition) is 2. The molecule has 0 spiro atoms. The highest BCUT2D eigenvalue weighted by Gasteiger charge is 2.37. The van der Waals surface area contributed by atoms with Crippen LogP contribution in [0.3, 0.4) is 0 Å². The van der Waals surface area contributed by atoms with E-state index in [4.69, 9.17) is 0 Å². The van der Waals surface area contributed by atoms with Crippen LogP contribution in [-0.2, 0) is 0 Å². The molecule has 2 fully saturated rings. The van der Waals surface area contributed by atoms with Crippen LogP contribution in [0.2, 0.25) is 0 Å². The first kappa shape index (κ1) is 15.2. The Hall–Kier alpha value is -1.69. The molecule has 0 bridgehead atoms. The van der Waals surface area contributed by atoms with E-state index in [1.54, 1.807) is 0 Å². The lowest BCUT2D eigenvalue weighted by Crippen LogP contribution is -2.44. The SMILES string of the molecule is O=C(NC1CCCC1)N1CC(O)CC1c1cc(F)ccc1F. The van der Waals surface area contributed by atoms with E-state index in [1.807, 2.05) is 0 Å². The molecule has 1 saturated heterocycles. The van der Waals surface area contributed by atoms with Crippen molar-refractivity contribution in [2.75, 3.05) is 6.54 Å². The van der Waals surface area contributed by atoms with Gasteiger partial charge in [0.1, 0.15) is 11.6 Å². The van der Waals surface area contributed by atoms with Gasteiger partial charge in [0.15, 0.2) is 0 Å². The van der Waals surface area contributed by atoms with Crippen molar-refractivity contribution in [3.8, 4) is 0 Å². The molecule has 2 aliphatic rings. The summed E-state index contributed by atoms with van der Waals surface area (Å²) >= 11 is 0. The predicted molar refractivity (Wildman–Crippen MR) is 77.2 cm³/mol. The molecule has 0 aromatic heterocycles. The molecule has 1 heterocycles. The lowest BCUT2D eigenvalue weighted by Gasteiger charge is -2.27. The molecular formula is C16H20F2N2O2. The summed E-state index contributed by atoms with van der Waals surface area (Å²) in [6, 6.07) is 2.41. The molecule has 1 saturated carbocycles. The topological polar surface area (TPSA) is 52.6 Å². The number of benzene rings is 1. The molecule has 120 valence electrons. The van der Waals surface area contributed by atoms with Gasteiger partial charge >= 0.3 is 6.03 Å². The average molecular weight is 310 g/mol. The van der Waals surface area contributed by atoms with Crippen LogP contribution < -0.4 is 5.32 Å². The molecule has 1 aliphatic carbocycles. The molecule has 1 aromatic rings. The minimum absolute atomic E-state index is 0.123. The number of amides is 2. The number of likely N-dealkylation sites (tertiary alicyclic amines) is 1. The highest BCUT2D eigenvalue weighted by Crippen LogP contribution is 2.34. The van der Waals surface area contributed by atoms with Gasteiger partial charge in [0.2, 0.25) is 0 Å². The van der Waals surface area contributed by atoms with Crippen LogP contribution in [0.1, 0.15) is 43.7 Å². The number of urea groups is 1. The summed E-state index contributed by atoms with van der Waals surface area (Å²) in [6.07, 6.45) is 3.58. The van der Waals surface area contributed by atoms with Crippen molar-refractivity contribution in [2.24, 2.45) is 0 Å².